The van der Waals surface area contributed by atoms with E-state index in [9.17, 15) is 4.39 Å². The van der Waals surface area contributed by atoms with Crippen LogP contribution in [0.15, 0.2) is 29.3 Å². The van der Waals surface area contributed by atoms with Crippen LogP contribution < -0.4 is 11.1 Å². The number of nitrogens with two attached hydrogens (primary N) is 1. The summed E-state index contributed by atoms with van der Waals surface area (Å²) < 4.78 is 18.3. The molecule has 0 bridgehead atoms. The van der Waals surface area contributed by atoms with Crippen molar-refractivity contribution in [3.8, 4) is 0 Å². The zero-order valence-corrected chi connectivity index (χ0v) is 15.4. The number of ether oxygens (including phenoxy) is 1. The van der Waals surface area contributed by atoms with Gasteiger partial charge in [0, 0.05) is 18.6 Å². The summed E-state index contributed by atoms with van der Waals surface area (Å²) in [7, 11) is 1.64. The van der Waals surface area contributed by atoms with Gasteiger partial charge in [-0.1, -0.05) is 26.0 Å². The molecule has 0 radical (unpaired) electrons. The minimum Gasteiger partial charge on any atom is -0.383 e. The molecule has 0 saturated heterocycles. The third-order valence-corrected chi connectivity index (χ3v) is 3.06. The highest BCUT2D eigenvalue weighted by Gasteiger charge is 2.20. The average molecular weight is 409 g/mol. The Morgan fingerprint density at radius 3 is 2.71 bits per heavy atom. The van der Waals surface area contributed by atoms with Crippen molar-refractivity contribution in [3.63, 3.8) is 0 Å². The summed E-state index contributed by atoms with van der Waals surface area (Å²) in [6, 6.07) is 6.67. The molecule has 1 aromatic rings. The van der Waals surface area contributed by atoms with Gasteiger partial charge in [0.1, 0.15) is 5.82 Å². The summed E-state index contributed by atoms with van der Waals surface area (Å²) >= 11 is 0. The first kappa shape index (κ1) is 20.1. The molecule has 0 aromatic heterocycles. The first-order valence-corrected chi connectivity index (χ1v) is 6.66. The van der Waals surface area contributed by atoms with Crippen LogP contribution in [0.4, 0.5) is 4.39 Å². The van der Waals surface area contributed by atoms with E-state index < -0.39 is 0 Å². The number of rotatable bonds is 6. The fraction of sp³-hybridized carbons (Fsp3) is 0.533. The van der Waals surface area contributed by atoms with Crippen molar-refractivity contribution >= 4 is 29.9 Å². The Kier molecular flexibility index (Phi) is 8.80. The molecule has 21 heavy (non-hydrogen) atoms. The van der Waals surface area contributed by atoms with Crippen LogP contribution in [-0.2, 0) is 10.2 Å². The largest absolute Gasteiger partial charge is 0.383 e. The molecule has 6 heteroatoms. The van der Waals surface area contributed by atoms with Gasteiger partial charge < -0.3 is 15.8 Å². The van der Waals surface area contributed by atoms with Crippen molar-refractivity contribution in [2.24, 2.45) is 10.7 Å². The number of halogens is 2. The van der Waals surface area contributed by atoms with Crippen molar-refractivity contribution in [2.45, 2.75) is 32.2 Å². The first-order chi connectivity index (χ1) is 9.35. The monoisotopic (exact) mass is 409 g/mol. The van der Waals surface area contributed by atoms with Gasteiger partial charge in [0.25, 0.3) is 0 Å². The van der Waals surface area contributed by atoms with Gasteiger partial charge in [0.05, 0.1) is 13.2 Å². The number of nitrogens with zero attached hydrogens (tertiary/aromatic N) is 1. The predicted molar refractivity (Wildman–Crippen MR) is 95.8 cm³/mol. The fourth-order valence-electron chi connectivity index (χ4n) is 1.87. The second-order valence-corrected chi connectivity index (χ2v) is 5.60. The van der Waals surface area contributed by atoms with E-state index in [0.717, 1.165) is 5.56 Å². The van der Waals surface area contributed by atoms with Crippen molar-refractivity contribution in [2.75, 3.05) is 20.3 Å². The van der Waals surface area contributed by atoms with Crippen LogP contribution in [0, 0.1) is 5.82 Å². The highest BCUT2D eigenvalue weighted by molar-refractivity contribution is 14.0. The first-order valence-electron chi connectivity index (χ1n) is 6.66. The van der Waals surface area contributed by atoms with Crippen LogP contribution >= 0.6 is 24.0 Å². The number of benzene rings is 1. The highest BCUT2D eigenvalue weighted by atomic mass is 127. The van der Waals surface area contributed by atoms with Crippen molar-refractivity contribution in [3.05, 3.63) is 35.6 Å². The number of hydrogen-bond acceptors (Lipinski definition) is 2. The lowest BCUT2D eigenvalue weighted by atomic mass is 9.85. The molecule has 3 N–H and O–H groups in total. The van der Waals surface area contributed by atoms with Crippen molar-refractivity contribution in [1.82, 2.24) is 5.32 Å². The molecule has 0 amide bonds. The second kappa shape index (κ2) is 9.19. The van der Waals surface area contributed by atoms with Gasteiger partial charge in [-0.2, -0.15) is 0 Å². The molecule has 0 heterocycles. The maximum Gasteiger partial charge on any atom is 0.188 e. The van der Waals surface area contributed by atoms with Crippen LogP contribution in [-0.4, -0.2) is 32.3 Å². The topological polar surface area (TPSA) is 59.6 Å². The van der Waals surface area contributed by atoms with Gasteiger partial charge in [0.2, 0.25) is 0 Å². The Morgan fingerprint density at radius 2 is 2.14 bits per heavy atom. The molecule has 0 aliphatic carbocycles. The number of guanidine groups is 1. The van der Waals surface area contributed by atoms with E-state index in [1.807, 2.05) is 26.8 Å². The lowest BCUT2D eigenvalue weighted by molar-refractivity contribution is 0.179. The smallest absolute Gasteiger partial charge is 0.188 e. The maximum atomic E-state index is 13.3. The highest BCUT2D eigenvalue weighted by Crippen LogP contribution is 2.23. The zero-order chi connectivity index (χ0) is 15.2. The molecular weight excluding hydrogens is 384 g/mol. The van der Waals surface area contributed by atoms with Gasteiger partial charge in [-0.3, -0.25) is 4.99 Å². The molecular formula is C15H25FIN3O. The molecule has 0 spiro atoms. The van der Waals surface area contributed by atoms with Crippen LogP contribution in [0.1, 0.15) is 26.3 Å². The summed E-state index contributed by atoms with van der Waals surface area (Å²) in [6.45, 7) is 7.02. The maximum absolute atomic E-state index is 13.3. The molecule has 0 fully saturated rings. The van der Waals surface area contributed by atoms with Crippen LogP contribution in [0.5, 0.6) is 0 Å². The third-order valence-electron chi connectivity index (χ3n) is 3.06. The van der Waals surface area contributed by atoms with E-state index in [2.05, 4.69) is 10.3 Å². The average Bonchev–Trinajstić information content (AvgIpc) is 2.37. The van der Waals surface area contributed by atoms with Gasteiger partial charge in [-0.25, -0.2) is 4.39 Å². The van der Waals surface area contributed by atoms with E-state index in [4.69, 9.17) is 10.5 Å². The molecule has 0 aliphatic rings. The standard InChI is InChI=1S/C15H24FN3O.HI/c1-11(9-20-4)19-14(17)18-10-15(2,3)12-6-5-7-13(16)8-12;/h5-8,11H,9-10H2,1-4H3,(H3,17,18,19);1H. The molecule has 0 aliphatic heterocycles. The Bertz CT molecular complexity index is 466. The van der Waals surface area contributed by atoms with Gasteiger partial charge in [-0.15, -0.1) is 24.0 Å². The number of aliphatic imine (C=N–C) groups is 1. The van der Waals surface area contributed by atoms with Crippen LogP contribution in [0.25, 0.3) is 0 Å². The minimum absolute atomic E-state index is 0. The number of hydrogen-bond donors (Lipinski definition) is 2. The van der Waals surface area contributed by atoms with Crippen LogP contribution in [0.2, 0.25) is 0 Å². The summed E-state index contributed by atoms with van der Waals surface area (Å²) in [5.41, 5.74) is 6.45. The summed E-state index contributed by atoms with van der Waals surface area (Å²) in [5.74, 6) is 0.137. The predicted octanol–water partition coefficient (Wildman–Crippen LogP) is 2.66. The lowest BCUT2D eigenvalue weighted by Crippen LogP contribution is -2.41. The van der Waals surface area contributed by atoms with Gasteiger partial charge in [0.15, 0.2) is 5.96 Å². The molecule has 1 unspecified atom stereocenters. The lowest BCUT2D eigenvalue weighted by Gasteiger charge is -2.23. The van der Waals surface area contributed by atoms with E-state index in [1.165, 1.54) is 12.1 Å². The molecule has 120 valence electrons. The van der Waals surface area contributed by atoms with Gasteiger partial charge in [-0.05, 0) is 24.6 Å². The molecule has 1 atom stereocenters. The summed E-state index contributed by atoms with van der Waals surface area (Å²) in [5, 5.41) is 3.04. The van der Waals surface area contributed by atoms with E-state index in [-0.39, 0.29) is 41.3 Å². The van der Waals surface area contributed by atoms with Crippen LogP contribution in [0.3, 0.4) is 0 Å². The minimum atomic E-state index is -0.279. The third kappa shape index (κ3) is 7.08. The Balaban J connectivity index is 0.00000400. The molecule has 0 saturated carbocycles. The number of nitrogens with one attached hydrogen (secondary N) is 1. The van der Waals surface area contributed by atoms with E-state index in [0.29, 0.717) is 19.1 Å². The Labute approximate surface area is 143 Å². The second-order valence-electron chi connectivity index (χ2n) is 5.60. The quantitative estimate of drug-likeness (QED) is 0.432. The molecule has 1 rings (SSSR count). The van der Waals surface area contributed by atoms with Crippen molar-refractivity contribution < 1.29 is 9.13 Å². The van der Waals surface area contributed by atoms with E-state index in [1.54, 1.807) is 13.2 Å². The van der Waals surface area contributed by atoms with Crippen molar-refractivity contribution in [1.29, 1.82) is 0 Å². The number of methoxy groups -OCH3 is 1. The van der Waals surface area contributed by atoms with E-state index >= 15 is 0 Å². The summed E-state index contributed by atoms with van der Waals surface area (Å²) in [6.07, 6.45) is 0. The Hall–Kier alpha value is -0.890. The molecule has 1 aromatic carbocycles. The zero-order valence-electron chi connectivity index (χ0n) is 13.0. The fourth-order valence-corrected chi connectivity index (χ4v) is 1.87. The normalized spacial score (nSPS) is 13.5. The molecule has 4 nitrogen and oxygen atoms in total. The van der Waals surface area contributed by atoms with Gasteiger partial charge >= 0.3 is 0 Å². The Morgan fingerprint density at radius 1 is 1.48 bits per heavy atom. The summed E-state index contributed by atoms with van der Waals surface area (Å²) in [4.78, 5) is 4.33. The SMILES string of the molecule is COCC(C)NC(N)=NCC(C)(C)c1cccc(F)c1.I.